The van der Waals surface area contributed by atoms with E-state index in [1.807, 2.05) is 0 Å². The van der Waals surface area contributed by atoms with E-state index in [2.05, 4.69) is 20.8 Å². The smallest absolute Gasteiger partial charge is 0.124 e. The Morgan fingerprint density at radius 2 is 1.68 bits per heavy atom. The van der Waals surface area contributed by atoms with Crippen molar-refractivity contribution in [2.45, 2.75) is 57.8 Å². The van der Waals surface area contributed by atoms with Gasteiger partial charge in [-0.05, 0) is 54.3 Å². The summed E-state index contributed by atoms with van der Waals surface area (Å²) in [5, 5.41) is 9.40. The minimum absolute atomic E-state index is 0.0392. The molecule has 0 fully saturated rings. The predicted octanol–water partition coefficient (Wildman–Crippen LogP) is 5.87. The highest BCUT2D eigenvalue weighted by atomic mass is 28.3. The van der Waals surface area contributed by atoms with Crippen molar-refractivity contribution in [1.82, 2.24) is 0 Å². The molecule has 1 heterocycles. The van der Waals surface area contributed by atoms with Crippen LogP contribution in [-0.2, 0) is 6.42 Å². The Balaban J connectivity index is 0.000000277. The number of aromatic hydroxyl groups is 1. The summed E-state index contributed by atoms with van der Waals surface area (Å²) in [5.41, 5.74) is 2.00. The van der Waals surface area contributed by atoms with Crippen LogP contribution in [0.25, 0.3) is 0 Å². The van der Waals surface area contributed by atoms with Crippen molar-refractivity contribution in [2.75, 3.05) is 0 Å². The summed E-state index contributed by atoms with van der Waals surface area (Å²) in [6.45, 7) is 6.97. The Kier molecular flexibility index (Phi) is 7.50. The number of halogens is 1. The topological polar surface area (TPSA) is 29.5 Å². The van der Waals surface area contributed by atoms with Gasteiger partial charge in [0.25, 0.3) is 0 Å². The third-order valence-corrected chi connectivity index (χ3v) is 8.43. The number of hydrogen-bond acceptors (Lipinski definition) is 2. The van der Waals surface area contributed by atoms with Crippen molar-refractivity contribution in [2.24, 2.45) is 0 Å². The second kappa shape index (κ2) is 9.61. The first kappa shape index (κ1) is 19.5. The average molecular weight is 361 g/mol. The summed E-state index contributed by atoms with van der Waals surface area (Å²) >= 11 is 0. The molecule has 2 nitrogen and oxygen atoms in total. The van der Waals surface area contributed by atoms with Gasteiger partial charge < -0.3 is 9.84 Å². The van der Waals surface area contributed by atoms with Crippen LogP contribution in [0.15, 0.2) is 42.5 Å². The lowest BCUT2D eigenvalue weighted by Crippen LogP contribution is -2.14. The molecule has 1 aliphatic rings. The van der Waals surface area contributed by atoms with Gasteiger partial charge in [0, 0.05) is 8.80 Å². The standard InChI is InChI=1S/C15H13FO2.C6H16Si/c16-12-4-1-10(2-5-12)14-7-3-11-9-13(17)6-8-15(11)18-14;1-4-7(5-2)6-3/h1-2,4-6,8-9,14,17H,3,7H2;7H,4-6H2,1-3H3. The van der Waals surface area contributed by atoms with Gasteiger partial charge in [0.2, 0.25) is 0 Å². The van der Waals surface area contributed by atoms with E-state index in [0.717, 1.165) is 29.7 Å². The molecule has 0 radical (unpaired) electrons. The molecule has 0 aliphatic carbocycles. The Morgan fingerprint density at radius 3 is 2.24 bits per heavy atom. The largest absolute Gasteiger partial charge is 0.508 e. The lowest BCUT2D eigenvalue weighted by atomic mass is 9.97. The summed E-state index contributed by atoms with van der Waals surface area (Å²) in [4.78, 5) is 0. The molecule has 0 spiro atoms. The highest BCUT2D eigenvalue weighted by Crippen LogP contribution is 2.36. The maximum absolute atomic E-state index is 12.9. The predicted molar refractivity (Wildman–Crippen MR) is 105 cm³/mol. The molecular weight excluding hydrogens is 331 g/mol. The normalized spacial score (nSPS) is 15.8. The minimum atomic E-state index is -0.236. The summed E-state index contributed by atoms with van der Waals surface area (Å²) in [7, 11) is -0.171. The van der Waals surface area contributed by atoms with Gasteiger partial charge in [0.1, 0.15) is 23.4 Å². The van der Waals surface area contributed by atoms with Crippen molar-refractivity contribution in [3.63, 3.8) is 0 Å². The fourth-order valence-corrected chi connectivity index (χ4v) is 4.89. The van der Waals surface area contributed by atoms with Crippen molar-refractivity contribution >= 4 is 8.80 Å². The zero-order chi connectivity index (χ0) is 18.2. The molecular formula is C21H29FO2Si. The van der Waals surface area contributed by atoms with Gasteiger partial charge in [-0.1, -0.05) is 51.0 Å². The van der Waals surface area contributed by atoms with Crippen molar-refractivity contribution in [3.8, 4) is 11.5 Å². The third kappa shape index (κ3) is 5.60. The maximum Gasteiger partial charge on any atom is 0.124 e. The maximum atomic E-state index is 12.9. The molecule has 25 heavy (non-hydrogen) atoms. The number of aryl methyl sites for hydroxylation is 1. The average Bonchev–Trinajstić information content (AvgIpc) is 2.64. The second-order valence-corrected chi connectivity index (χ2v) is 10.8. The quantitative estimate of drug-likeness (QED) is 0.691. The number of benzene rings is 2. The molecule has 1 atom stereocenters. The monoisotopic (exact) mass is 360 g/mol. The number of phenols is 1. The van der Waals surface area contributed by atoms with E-state index in [0.29, 0.717) is 0 Å². The summed E-state index contributed by atoms with van der Waals surface area (Å²) in [6, 6.07) is 16.0. The van der Waals surface area contributed by atoms with Gasteiger partial charge in [-0.25, -0.2) is 4.39 Å². The van der Waals surface area contributed by atoms with Gasteiger partial charge in [-0.15, -0.1) is 0 Å². The van der Waals surface area contributed by atoms with Crippen LogP contribution in [0.4, 0.5) is 4.39 Å². The molecule has 4 heteroatoms. The Bertz CT molecular complexity index is 648. The minimum Gasteiger partial charge on any atom is -0.508 e. The van der Waals surface area contributed by atoms with E-state index in [1.54, 1.807) is 30.3 Å². The second-order valence-electron chi connectivity index (χ2n) is 6.58. The van der Waals surface area contributed by atoms with Crippen LogP contribution in [-0.4, -0.2) is 13.9 Å². The van der Waals surface area contributed by atoms with Crippen LogP contribution in [0.3, 0.4) is 0 Å². The zero-order valence-corrected chi connectivity index (χ0v) is 16.6. The molecule has 0 amide bonds. The molecule has 1 unspecified atom stereocenters. The molecule has 3 rings (SSSR count). The molecule has 0 saturated carbocycles. The van der Waals surface area contributed by atoms with E-state index in [1.165, 1.54) is 30.3 Å². The Hall–Kier alpha value is -1.81. The summed E-state index contributed by atoms with van der Waals surface area (Å²) < 4.78 is 18.7. The Labute approximate surface area is 152 Å². The van der Waals surface area contributed by atoms with Gasteiger partial charge in [-0.2, -0.15) is 0 Å². The van der Waals surface area contributed by atoms with Crippen LogP contribution in [0.5, 0.6) is 11.5 Å². The van der Waals surface area contributed by atoms with Crippen LogP contribution >= 0.6 is 0 Å². The molecule has 2 aromatic carbocycles. The fourth-order valence-electron chi connectivity index (χ4n) is 3.15. The summed E-state index contributed by atoms with van der Waals surface area (Å²) in [6.07, 6.45) is 1.65. The van der Waals surface area contributed by atoms with Crippen LogP contribution < -0.4 is 4.74 Å². The number of ether oxygens (including phenoxy) is 1. The van der Waals surface area contributed by atoms with E-state index >= 15 is 0 Å². The lowest BCUT2D eigenvalue weighted by Gasteiger charge is -2.26. The van der Waals surface area contributed by atoms with E-state index in [4.69, 9.17) is 4.74 Å². The van der Waals surface area contributed by atoms with E-state index in [9.17, 15) is 9.50 Å². The van der Waals surface area contributed by atoms with Crippen LogP contribution in [0.2, 0.25) is 18.1 Å². The third-order valence-electron chi connectivity index (χ3n) is 4.96. The van der Waals surface area contributed by atoms with Crippen molar-refractivity contribution < 1.29 is 14.2 Å². The molecule has 136 valence electrons. The zero-order valence-electron chi connectivity index (χ0n) is 15.5. The van der Waals surface area contributed by atoms with Gasteiger partial charge in [-0.3, -0.25) is 0 Å². The number of rotatable bonds is 4. The first-order valence-corrected chi connectivity index (χ1v) is 11.8. The SMILES string of the molecule is CC[SiH](CC)CC.Oc1ccc2c(c1)CCC(c1ccc(F)cc1)O2. The fraction of sp³-hybridized carbons (Fsp3) is 0.429. The van der Waals surface area contributed by atoms with Crippen molar-refractivity contribution in [1.29, 1.82) is 0 Å². The van der Waals surface area contributed by atoms with Crippen LogP contribution in [0.1, 0.15) is 44.4 Å². The highest BCUT2D eigenvalue weighted by molar-refractivity contribution is 6.58. The molecule has 0 saturated heterocycles. The van der Waals surface area contributed by atoms with Gasteiger partial charge in [0.05, 0.1) is 0 Å². The van der Waals surface area contributed by atoms with E-state index in [-0.39, 0.29) is 26.5 Å². The number of hydrogen-bond donors (Lipinski definition) is 1. The van der Waals surface area contributed by atoms with Crippen molar-refractivity contribution in [3.05, 3.63) is 59.4 Å². The number of fused-ring (bicyclic) bond motifs is 1. The highest BCUT2D eigenvalue weighted by Gasteiger charge is 2.21. The first-order chi connectivity index (χ1) is 12.1. The molecule has 1 aliphatic heterocycles. The molecule has 0 aromatic heterocycles. The number of phenolic OH excluding ortho intramolecular Hbond substituents is 1. The van der Waals surface area contributed by atoms with Gasteiger partial charge in [0.15, 0.2) is 0 Å². The van der Waals surface area contributed by atoms with E-state index < -0.39 is 0 Å². The van der Waals surface area contributed by atoms with Gasteiger partial charge >= 0.3 is 0 Å². The van der Waals surface area contributed by atoms with Crippen LogP contribution in [0, 0.1) is 5.82 Å². The summed E-state index contributed by atoms with van der Waals surface area (Å²) in [5.74, 6) is 0.825. The Morgan fingerprint density at radius 1 is 1.04 bits per heavy atom. The molecule has 1 N–H and O–H groups in total. The lowest BCUT2D eigenvalue weighted by molar-refractivity contribution is 0.176. The molecule has 0 bridgehead atoms. The molecule has 2 aromatic rings. The first-order valence-electron chi connectivity index (χ1n) is 9.31.